The molecular weight excluding hydrogens is 158 g/mol. The van der Waals surface area contributed by atoms with Crippen LogP contribution in [0.5, 0.6) is 0 Å². The van der Waals surface area contributed by atoms with Crippen LogP contribution in [0.2, 0.25) is 0 Å². The molecule has 0 aromatic carbocycles. The van der Waals surface area contributed by atoms with E-state index in [1.807, 2.05) is 20.0 Å². The minimum absolute atomic E-state index is 0.614. The number of rotatable bonds is 2. The molecule has 1 heteroatoms. The molecule has 0 saturated carbocycles. The molecule has 0 N–H and O–H groups in total. The monoisotopic (exact) mass is 179 g/mol. The minimum atomic E-state index is 0.614. The van der Waals surface area contributed by atoms with Crippen LogP contribution in [0.15, 0.2) is 18.3 Å². The number of pyridine rings is 1. The van der Waals surface area contributed by atoms with Gasteiger partial charge in [-0.2, -0.15) is 0 Å². The highest BCUT2D eigenvalue weighted by Gasteiger charge is 1.98. The first-order chi connectivity index (χ1) is 6.24. The van der Waals surface area contributed by atoms with Gasteiger partial charge >= 0.3 is 0 Å². The first-order valence-corrected chi connectivity index (χ1v) is 5.19. The molecule has 0 aliphatic heterocycles. The first-order valence-electron chi connectivity index (χ1n) is 5.19. The summed E-state index contributed by atoms with van der Waals surface area (Å²) < 4.78 is 0. The van der Waals surface area contributed by atoms with Gasteiger partial charge < -0.3 is 0 Å². The predicted molar refractivity (Wildman–Crippen MR) is 59.1 cm³/mol. The molecule has 0 atom stereocenters. The summed E-state index contributed by atoms with van der Waals surface area (Å²) in [5, 5.41) is 0. The Morgan fingerprint density at radius 1 is 1.31 bits per heavy atom. The number of hydrogen-bond acceptors (Lipinski definition) is 1. The average Bonchev–Trinajstić information content (AvgIpc) is 2.21. The fourth-order valence-electron chi connectivity index (χ4n) is 1.05. The van der Waals surface area contributed by atoms with Crippen molar-refractivity contribution in [2.45, 2.75) is 47.0 Å². The van der Waals surface area contributed by atoms with Gasteiger partial charge in [-0.1, -0.05) is 34.6 Å². The highest BCUT2D eigenvalue weighted by atomic mass is 14.7. The molecule has 0 bridgehead atoms. The molecule has 0 amide bonds. The highest BCUT2D eigenvalue weighted by molar-refractivity contribution is 5.19. The van der Waals surface area contributed by atoms with Crippen molar-refractivity contribution in [1.29, 1.82) is 0 Å². The summed E-state index contributed by atoms with van der Waals surface area (Å²) in [7, 11) is 0. The van der Waals surface area contributed by atoms with E-state index in [-0.39, 0.29) is 0 Å². The largest absolute Gasteiger partial charge is 0.261 e. The maximum Gasteiger partial charge on any atom is 0.0403 e. The molecule has 0 aliphatic carbocycles. The van der Waals surface area contributed by atoms with Crippen LogP contribution < -0.4 is 0 Å². The molecule has 0 spiro atoms. The SMILES string of the molecule is CC.CCc1cc(C(C)C)ccn1. The van der Waals surface area contributed by atoms with Crippen LogP contribution in [0.4, 0.5) is 0 Å². The fourth-order valence-corrected chi connectivity index (χ4v) is 1.05. The highest BCUT2D eigenvalue weighted by Crippen LogP contribution is 2.13. The van der Waals surface area contributed by atoms with Gasteiger partial charge in [0.2, 0.25) is 0 Å². The number of aromatic nitrogens is 1. The van der Waals surface area contributed by atoms with Gasteiger partial charge in [0.1, 0.15) is 0 Å². The lowest BCUT2D eigenvalue weighted by molar-refractivity contribution is 0.853. The van der Waals surface area contributed by atoms with E-state index in [0.717, 1.165) is 6.42 Å². The summed E-state index contributed by atoms with van der Waals surface area (Å²) in [6, 6.07) is 4.27. The molecule has 13 heavy (non-hydrogen) atoms. The minimum Gasteiger partial charge on any atom is -0.261 e. The first kappa shape index (κ1) is 12.2. The molecule has 1 aromatic rings. The Morgan fingerprint density at radius 2 is 1.92 bits per heavy atom. The lowest BCUT2D eigenvalue weighted by atomic mass is 10.0. The van der Waals surface area contributed by atoms with Gasteiger partial charge in [0.05, 0.1) is 0 Å². The van der Waals surface area contributed by atoms with E-state index in [2.05, 4.69) is 37.9 Å². The Balaban J connectivity index is 0.000000671. The molecule has 0 saturated heterocycles. The lowest BCUT2D eigenvalue weighted by Gasteiger charge is -2.05. The van der Waals surface area contributed by atoms with Gasteiger partial charge in [0, 0.05) is 11.9 Å². The van der Waals surface area contributed by atoms with Crippen molar-refractivity contribution in [3.8, 4) is 0 Å². The van der Waals surface area contributed by atoms with Crippen LogP contribution in [-0.4, -0.2) is 4.98 Å². The van der Waals surface area contributed by atoms with Gasteiger partial charge in [-0.3, -0.25) is 4.98 Å². The van der Waals surface area contributed by atoms with Crippen molar-refractivity contribution in [3.05, 3.63) is 29.6 Å². The fraction of sp³-hybridized carbons (Fsp3) is 0.583. The zero-order chi connectivity index (χ0) is 10.3. The maximum absolute atomic E-state index is 4.24. The Hall–Kier alpha value is -0.850. The van der Waals surface area contributed by atoms with E-state index in [1.165, 1.54) is 11.3 Å². The van der Waals surface area contributed by atoms with Crippen LogP contribution in [0.3, 0.4) is 0 Å². The van der Waals surface area contributed by atoms with Gasteiger partial charge in [0.25, 0.3) is 0 Å². The van der Waals surface area contributed by atoms with E-state index in [0.29, 0.717) is 5.92 Å². The molecule has 0 aliphatic rings. The summed E-state index contributed by atoms with van der Waals surface area (Å²) in [5.41, 5.74) is 2.58. The Bertz CT molecular complexity index is 228. The molecule has 0 radical (unpaired) electrons. The number of hydrogen-bond donors (Lipinski definition) is 0. The van der Waals surface area contributed by atoms with Crippen LogP contribution in [0.25, 0.3) is 0 Å². The van der Waals surface area contributed by atoms with E-state index in [9.17, 15) is 0 Å². The van der Waals surface area contributed by atoms with Crippen LogP contribution in [0, 0.1) is 0 Å². The predicted octanol–water partition coefficient (Wildman–Crippen LogP) is 3.79. The number of nitrogens with zero attached hydrogens (tertiary/aromatic N) is 1. The molecule has 0 fully saturated rings. The van der Waals surface area contributed by atoms with Crippen LogP contribution in [0.1, 0.15) is 51.8 Å². The van der Waals surface area contributed by atoms with E-state index in [4.69, 9.17) is 0 Å². The van der Waals surface area contributed by atoms with Crippen molar-refractivity contribution >= 4 is 0 Å². The van der Waals surface area contributed by atoms with Crippen molar-refractivity contribution in [1.82, 2.24) is 4.98 Å². The van der Waals surface area contributed by atoms with Crippen molar-refractivity contribution < 1.29 is 0 Å². The summed E-state index contributed by atoms with van der Waals surface area (Å²) in [6.07, 6.45) is 2.93. The second-order valence-electron chi connectivity index (χ2n) is 3.09. The van der Waals surface area contributed by atoms with Crippen LogP contribution >= 0.6 is 0 Å². The van der Waals surface area contributed by atoms with Gasteiger partial charge in [-0.05, 0) is 30.0 Å². The second-order valence-corrected chi connectivity index (χ2v) is 3.09. The van der Waals surface area contributed by atoms with E-state index in [1.54, 1.807) is 0 Å². The zero-order valence-electron chi connectivity index (χ0n) is 9.46. The Kier molecular flexibility index (Phi) is 6.21. The van der Waals surface area contributed by atoms with Crippen LogP contribution in [-0.2, 0) is 6.42 Å². The Labute approximate surface area is 82.2 Å². The number of aryl methyl sites for hydroxylation is 1. The van der Waals surface area contributed by atoms with Gasteiger partial charge in [-0.25, -0.2) is 0 Å². The van der Waals surface area contributed by atoms with Crippen molar-refractivity contribution in [2.24, 2.45) is 0 Å². The smallest absolute Gasteiger partial charge is 0.0403 e. The molecule has 74 valence electrons. The molecule has 1 rings (SSSR count). The summed E-state index contributed by atoms with van der Waals surface area (Å²) in [4.78, 5) is 4.24. The average molecular weight is 179 g/mol. The molecule has 1 nitrogen and oxygen atoms in total. The maximum atomic E-state index is 4.24. The van der Waals surface area contributed by atoms with E-state index >= 15 is 0 Å². The zero-order valence-corrected chi connectivity index (χ0v) is 9.46. The van der Waals surface area contributed by atoms with Crippen molar-refractivity contribution in [2.75, 3.05) is 0 Å². The van der Waals surface area contributed by atoms with E-state index < -0.39 is 0 Å². The summed E-state index contributed by atoms with van der Waals surface area (Å²) in [5.74, 6) is 0.614. The normalized spacial score (nSPS) is 9.38. The van der Waals surface area contributed by atoms with Gasteiger partial charge in [0.15, 0.2) is 0 Å². The molecule has 1 heterocycles. The quantitative estimate of drug-likeness (QED) is 0.673. The molecule has 0 unspecified atom stereocenters. The van der Waals surface area contributed by atoms with Gasteiger partial charge in [-0.15, -0.1) is 0 Å². The third-order valence-corrected chi connectivity index (χ3v) is 1.87. The molecular formula is C12H21N. The summed E-state index contributed by atoms with van der Waals surface area (Å²) >= 11 is 0. The van der Waals surface area contributed by atoms with Crippen molar-refractivity contribution in [3.63, 3.8) is 0 Å². The topological polar surface area (TPSA) is 12.9 Å². The molecule has 1 aromatic heterocycles. The Morgan fingerprint density at radius 3 is 2.38 bits per heavy atom. The second kappa shape index (κ2) is 6.64. The standard InChI is InChI=1S/C10H15N.C2H6/c1-4-10-7-9(8(2)3)5-6-11-10;1-2/h5-8H,4H2,1-3H3;1-2H3. The summed E-state index contributed by atoms with van der Waals surface area (Å²) in [6.45, 7) is 10.5. The third-order valence-electron chi connectivity index (χ3n) is 1.87. The third kappa shape index (κ3) is 4.07. The lowest BCUT2D eigenvalue weighted by Crippen LogP contribution is -1.91.